The highest BCUT2D eigenvalue weighted by Gasteiger charge is 2.23. The first kappa shape index (κ1) is 24.2. The average Bonchev–Trinajstić information content (AvgIpc) is 3.07. The van der Waals surface area contributed by atoms with Gasteiger partial charge in [-0.3, -0.25) is 4.79 Å². The number of nitrogens with zero attached hydrogens (tertiary/aromatic N) is 4. The minimum atomic E-state index is -3.65. The van der Waals surface area contributed by atoms with E-state index >= 15 is 0 Å². The molecule has 0 radical (unpaired) electrons. The molecule has 1 N–H and O–H groups in total. The van der Waals surface area contributed by atoms with Crippen LogP contribution in [0.5, 0.6) is 5.75 Å². The average molecular weight is 456 g/mol. The fourth-order valence-corrected chi connectivity index (χ4v) is 5.13. The number of nitrogens with one attached hydrogen (secondary N) is 1. The monoisotopic (exact) mass is 455 g/mol. The van der Waals surface area contributed by atoms with Crippen LogP contribution < -0.4 is 10.1 Å². The van der Waals surface area contributed by atoms with Gasteiger partial charge in [-0.25, -0.2) is 8.42 Å². The van der Waals surface area contributed by atoms with Gasteiger partial charge >= 0.3 is 0 Å². The number of carbonyl (C=O) groups is 1. The summed E-state index contributed by atoms with van der Waals surface area (Å²) in [5.74, 6) is 1.25. The molecule has 11 heteroatoms. The van der Waals surface area contributed by atoms with Gasteiger partial charge in [-0.05, 0) is 18.2 Å². The lowest BCUT2D eigenvalue weighted by molar-refractivity contribution is -0.113. The molecule has 1 heterocycles. The molecule has 1 aromatic carbocycles. The summed E-state index contributed by atoms with van der Waals surface area (Å²) < 4.78 is 34.1. The van der Waals surface area contributed by atoms with E-state index in [9.17, 15) is 13.2 Å². The molecule has 0 aliphatic carbocycles. The van der Waals surface area contributed by atoms with Crippen molar-refractivity contribution in [1.29, 1.82) is 0 Å². The van der Waals surface area contributed by atoms with Gasteiger partial charge < -0.3 is 14.6 Å². The highest BCUT2D eigenvalue weighted by atomic mass is 32.2. The Morgan fingerprint density at radius 1 is 1.27 bits per heavy atom. The lowest BCUT2D eigenvalue weighted by Crippen LogP contribution is -2.30. The lowest BCUT2D eigenvalue weighted by atomic mass is 10.2. The number of rotatable bonds is 10. The van der Waals surface area contributed by atoms with E-state index in [-0.39, 0.29) is 22.5 Å². The largest absolute Gasteiger partial charge is 0.495 e. The number of sulfonamides is 1. The second kappa shape index (κ2) is 10.3. The van der Waals surface area contributed by atoms with Crippen LogP contribution in [0.4, 0.5) is 5.69 Å². The van der Waals surface area contributed by atoms with E-state index in [0.29, 0.717) is 29.7 Å². The van der Waals surface area contributed by atoms with E-state index in [0.717, 1.165) is 5.82 Å². The van der Waals surface area contributed by atoms with Crippen LogP contribution in [0, 0.1) is 0 Å². The molecule has 0 unspecified atom stereocenters. The second-order valence-electron chi connectivity index (χ2n) is 6.84. The van der Waals surface area contributed by atoms with Crippen molar-refractivity contribution >= 4 is 33.4 Å². The molecule has 1 aromatic heterocycles. The summed E-state index contributed by atoms with van der Waals surface area (Å²) in [4.78, 5) is 12.6. The maximum atomic E-state index is 12.8. The summed E-state index contributed by atoms with van der Waals surface area (Å²) in [6.07, 6.45) is 0. The van der Waals surface area contributed by atoms with Crippen LogP contribution in [-0.4, -0.2) is 59.3 Å². The first-order valence-corrected chi connectivity index (χ1v) is 12.1. The summed E-state index contributed by atoms with van der Waals surface area (Å²) >= 11 is 1.26. The smallest absolute Gasteiger partial charge is 0.243 e. The molecule has 30 heavy (non-hydrogen) atoms. The molecule has 1 amide bonds. The molecule has 2 rings (SSSR count). The number of benzene rings is 1. The van der Waals surface area contributed by atoms with Crippen molar-refractivity contribution < 1.29 is 17.9 Å². The Labute approximate surface area is 182 Å². The number of ether oxygens (including phenoxy) is 1. The topological polar surface area (TPSA) is 106 Å². The van der Waals surface area contributed by atoms with Crippen LogP contribution in [-0.2, 0) is 21.9 Å². The number of anilines is 1. The van der Waals surface area contributed by atoms with Crippen molar-refractivity contribution in [3.8, 4) is 5.75 Å². The number of amides is 1. The fourth-order valence-electron chi connectivity index (χ4n) is 2.93. The van der Waals surface area contributed by atoms with Crippen LogP contribution in [0.1, 0.15) is 39.4 Å². The van der Waals surface area contributed by atoms with Crippen molar-refractivity contribution in [2.45, 2.75) is 43.7 Å². The minimum Gasteiger partial charge on any atom is -0.495 e. The molecular formula is C19H29N5O4S2. The third-order valence-corrected chi connectivity index (χ3v) is 7.57. The summed E-state index contributed by atoms with van der Waals surface area (Å²) in [5.41, 5.74) is 0.303. The van der Waals surface area contributed by atoms with Crippen molar-refractivity contribution in [3.63, 3.8) is 0 Å². The third-order valence-electron chi connectivity index (χ3n) is 4.51. The maximum absolute atomic E-state index is 12.8. The number of aromatic nitrogens is 3. The summed E-state index contributed by atoms with van der Waals surface area (Å²) in [5, 5.41) is 11.6. The lowest BCUT2D eigenvalue weighted by Gasteiger charge is -2.19. The Morgan fingerprint density at radius 3 is 2.47 bits per heavy atom. The fraction of sp³-hybridized carbons (Fsp3) is 0.526. The van der Waals surface area contributed by atoms with E-state index in [4.69, 9.17) is 4.74 Å². The molecule has 0 bridgehead atoms. The number of thioether (sulfide) groups is 1. The molecule has 0 atom stereocenters. The van der Waals surface area contributed by atoms with Gasteiger partial charge in [0.05, 0.1) is 23.4 Å². The number of hydrogen-bond donors (Lipinski definition) is 1. The van der Waals surface area contributed by atoms with Crippen LogP contribution in [0.25, 0.3) is 0 Å². The molecule has 0 aliphatic heterocycles. The Bertz CT molecular complexity index is 985. The normalized spacial score (nSPS) is 11.9. The van der Waals surface area contributed by atoms with Gasteiger partial charge in [0.15, 0.2) is 5.16 Å². The van der Waals surface area contributed by atoms with E-state index < -0.39 is 10.0 Å². The molecule has 9 nitrogen and oxygen atoms in total. The van der Waals surface area contributed by atoms with Crippen LogP contribution >= 0.6 is 11.8 Å². The van der Waals surface area contributed by atoms with Crippen molar-refractivity contribution in [1.82, 2.24) is 19.1 Å². The summed E-state index contributed by atoms with van der Waals surface area (Å²) in [7, 11) is -0.326. The first-order valence-electron chi connectivity index (χ1n) is 9.65. The Hall–Kier alpha value is -2.11. The minimum absolute atomic E-state index is 0.0975. The number of carbonyl (C=O) groups excluding carboxylic acids is 1. The molecular weight excluding hydrogens is 426 g/mol. The van der Waals surface area contributed by atoms with E-state index in [1.54, 1.807) is 13.8 Å². The third kappa shape index (κ3) is 5.32. The van der Waals surface area contributed by atoms with Gasteiger partial charge in [0.1, 0.15) is 11.6 Å². The molecule has 0 saturated carbocycles. The van der Waals surface area contributed by atoms with Crippen LogP contribution in [0.15, 0.2) is 28.3 Å². The van der Waals surface area contributed by atoms with Gasteiger partial charge in [-0.2, -0.15) is 4.31 Å². The first-order chi connectivity index (χ1) is 14.1. The molecule has 0 aliphatic rings. The maximum Gasteiger partial charge on any atom is 0.243 e. The quantitative estimate of drug-likeness (QED) is 0.549. The summed E-state index contributed by atoms with van der Waals surface area (Å²) in [6.45, 7) is 8.33. The number of hydrogen-bond acceptors (Lipinski definition) is 7. The van der Waals surface area contributed by atoms with E-state index in [1.165, 1.54) is 41.4 Å². The van der Waals surface area contributed by atoms with E-state index in [2.05, 4.69) is 15.5 Å². The number of methoxy groups -OCH3 is 1. The molecule has 0 spiro atoms. The van der Waals surface area contributed by atoms with E-state index in [1.807, 2.05) is 25.5 Å². The zero-order valence-electron chi connectivity index (χ0n) is 18.2. The van der Waals surface area contributed by atoms with Crippen molar-refractivity contribution in [2.75, 3.05) is 31.3 Å². The molecule has 166 valence electrons. The molecule has 0 saturated heterocycles. The predicted molar refractivity (Wildman–Crippen MR) is 118 cm³/mol. The Kier molecular flexibility index (Phi) is 8.27. The molecule has 2 aromatic rings. The van der Waals surface area contributed by atoms with Gasteiger partial charge in [0.2, 0.25) is 15.9 Å². The highest BCUT2D eigenvalue weighted by molar-refractivity contribution is 7.99. The molecule has 0 fully saturated rings. The summed E-state index contributed by atoms with van der Waals surface area (Å²) in [6, 6.07) is 4.44. The standard InChI is InChI=1S/C19H29N5O4S2/c1-7-24(8-2)30(26,27)14-9-10-16(28-6)15(11-14)20-17(25)12-29-19-22-21-18(13(3)4)23(19)5/h9-11,13H,7-8,12H2,1-6H3,(H,20,25). The van der Waals surface area contributed by atoms with Gasteiger partial charge in [0, 0.05) is 26.1 Å². The predicted octanol–water partition coefficient (Wildman–Crippen LogP) is 2.71. The van der Waals surface area contributed by atoms with Crippen molar-refractivity contribution in [3.05, 3.63) is 24.0 Å². The van der Waals surface area contributed by atoms with Gasteiger partial charge in [-0.1, -0.05) is 39.5 Å². The van der Waals surface area contributed by atoms with Gasteiger partial charge in [0.25, 0.3) is 0 Å². The van der Waals surface area contributed by atoms with Crippen LogP contribution in [0.3, 0.4) is 0 Å². The van der Waals surface area contributed by atoms with Gasteiger partial charge in [-0.15, -0.1) is 10.2 Å². The zero-order valence-corrected chi connectivity index (χ0v) is 19.8. The van der Waals surface area contributed by atoms with Crippen molar-refractivity contribution in [2.24, 2.45) is 7.05 Å². The zero-order chi connectivity index (χ0) is 22.5. The second-order valence-corrected chi connectivity index (χ2v) is 9.72. The van der Waals surface area contributed by atoms with Crippen LogP contribution in [0.2, 0.25) is 0 Å². The highest BCUT2D eigenvalue weighted by Crippen LogP contribution is 2.29. The Morgan fingerprint density at radius 2 is 1.93 bits per heavy atom. The SMILES string of the molecule is CCN(CC)S(=O)(=O)c1ccc(OC)c(NC(=O)CSc2nnc(C(C)C)n2C)c1. The Balaban J connectivity index is 2.18.